The number of esters is 1. The Hall–Kier alpha value is -3.70. The summed E-state index contributed by atoms with van der Waals surface area (Å²) in [5, 5.41) is 3.53. The van der Waals surface area contributed by atoms with Gasteiger partial charge in [-0.15, -0.1) is 0 Å². The lowest BCUT2D eigenvalue weighted by atomic mass is 9.76. The van der Waals surface area contributed by atoms with E-state index in [1.54, 1.807) is 0 Å². The number of hydrogen-bond donors (Lipinski definition) is 0. The van der Waals surface area contributed by atoms with Crippen LogP contribution in [-0.4, -0.2) is 27.9 Å². The van der Waals surface area contributed by atoms with E-state index in [4.69, 9.17) is 4.74 Å². The summed E-state index contributed by atoms with van der Waals surface area (Å²) >= 11 is 0. The molecule has 0 radical (unpaired) electrons. The van der Waals surface area contributed by atoms with Gasteiger partial charge < -0.3 is 4.74 Å². The molecule has 1 unspecified atom stereocenters. The van der Waals surface area contributed by atoms with Crippen LogP contribution in [0.1, 0.15) is 30.0 Å². The monoisotopic (exact) mass is 424 g/mol. The van der Waals surface area contributed by atoms with Gasteiger partial charge in [0.15, 0.2) is 0 Å². The molecule has 3 aromatic rings. The maximum Gasteiger partial charge on any atom is 0.356 e. The van der Waals surface area contributed by atoms with Crippen LogP contribution in [0.2, 0.25) is 0 Å². The molecule has 2 heterocycles. The number of ether oxygens (including phenoxy) is 1. The highest BCUT2D eigenvalue weighted by molar-refractivity contribution is 5.98. The minimum Gasteiger partial charge on any atom is -0.456 e. The second-order valence-corrected chi connectivity index (χ2v) is 8.12. The summed E-state index contributed by atoms with van der Waals surface area (Å²) in [5.41, 5.74) is 2.75. The third-order valence-electron chi connectivity index (χ3n) is 6.28. The Morgan fingerprint density at radius 3 is 2.00 bits per heavy atom. The molecule has 1 fully saturated rings. The zero-order chi connectivity index (χ0) is 22.1. The lowest BCUT2D eigenvalue weighted by Gasteiger charge is -2.60. The highest BCUT2D eigenvalue weighted by Gasteiger charge is 2.59. The molecule has 5 nitrogen and oxygen atoms in total. The highest BCUT2D eigenvalue weighted by atomic mass is 16.5. The number of carbonyl (C=O) groups excluding carboxylic acids is 2. The molecule has 5 rings (SSSR count). The molecule has 32 heavy (non-hydrogen) atoms. The molecule has 2 aliphatic heterocycles. The van der Waals surface area contributed by atoms with E-state index < -0.39 is 11.5 Å². The van der Waals surface area contributed by atoms with Gasteiger partial charge in [0.1, 0.15) is 18.3 Å². The maximum atomic E-state index is 13.0. The Kier molecular flexibility index (Phi) is 5.11. The third-order valence-corrected chi connectivity index (χ3v) is 6.28. The summed E-state index contributed by atoms with van der Waals surface area (Å²) in [6.07, 6.45) is 2.39. The van der Waals surface area contributed by atoms with Crippen LogP contribution in [0.15, 0.2) is 103 Å². The van der Waals surface area contributed by atoms with Gasteiger partial charge in [-0.1, -0.05) is 91.0 Å². The van der Waals surface area contributed by atoms with Crippen LogP contribution < -0.4 is 0 Å². The fraction of sp³-hybridized carbons (Fsp3) is 0.185. The molecular weight excluding hydrogens is 400 g/mol. The minimum absolute atomic E-state index is 0.108. The van der Waals surface area contributed by atoms with Gasteiger partial charge in [-0.3, -0.25) is 4.79 Å². The molecule has 3 aromatic carbocycles. The van der Waals surface area contributed by atoms with Gasteiger partial charge >= 0.3 is 5.97 Å². The van der Waals surface area contributed by atoms with Gasteiger partial charge in [0, 0.05) is 0 Å². The van der Waals surface area contributed by atoms with Crippen LogP contribution in [0.5, 0.6) is 0 Å². The Morgan fingerprint density at radius 1 is 0.906 bits per heavy atom. The van der Waals surface area contributed by atoms with Crippen molar-refractivity contribution in [2.24, 2.45) is 0 Å². The van der Waals surface area contributed by atoms with Crippen molar-refractivity contribution in [3.63, 3.8) is 0 Å². The van der Waals surface area contributed by atoms with Gasteiger partial charge in [-0.25, -0.2) is 9.80 Å². The largest absolute Gasteiger partial charge is 0.456 e. The molecule has 160 valence electrons. The lowest BCUT2D eigenvalue weighted by molar-refractivity contribution is -0.213. The number of carbonyl (C=O) groups is 2. The fourth-order valence-electron chi connectivity index (χ4n) is 4.73. The van der Waals surface area contributed by atoms with Crippen molar-refractivity contribution in [3.05, 3.63) is 119 Å². The summed E-state index contributed by atoms with van der Waals surface area (Å²) in [6.45, 7) is 2.05. The summed E-state index contributed by atoms with van der Waals surface area (Å²) < 4.78 is 5.56. The molecule has 5 heteroatoms. The lowest BCUT2D eigenvalue weighted by Crippen LogP contribution is -2.75. The average Bonchev–Trinajstić information content (AvgIpc) is 2.87. The molecule has 0 aliphatic carbocycles. The zero-order valence-electron chi connectivity index (χ0n) is 17.8. The van der Waals surface area contributed by atoms with E-state index in [1.807, 2.05) is 84.7 Å². The number of amides is 1. The van der Waals surface area contributed by atoms with Crippen molar-refractivity contribution < 1.29 is 14.3 Å². The predicted molar refractivity (Wildman–Crippen MR) is 121 cm³/mol. The van der Waals surface area contributed by atoms with Crippen molar-refractivity contribution in [3.8, 4) is 0 Å². The van der Waals surface area contributed by atoms with Crippen LogP contribution >= 0.6 is 0 Å². The van der Waals surface area contributed by atoms with Crippen LogP contribution in [-0.2, 0) is 26.5 Å². The summed E-state index contributed by atoms with van der Waals surface area (Å²) in [6, 6.07) is 29.5. The third kappa shape index (κ3) is 3.13. The molecule has 0 aromatic heterocycles. The molecule has 1 saturated heterocycles. The molecular formula is C27H24N2O3. The Bertz CT molecular complexity index is 1120. The van der Waals surface area contributed by atoms with E-state index in [-0.39, 0.29) is 24.3 Å². The average molecular weight is 425 g/mol. The van der Waals surface area contributed by atoms with E-state index in [1.165, 1.54) is 5.01 Å². The number of benzene rings is 3. The predicted octanol–water partition coefficient (Wildman–Crippen LogP) is 4.41. The number of hydrogen-bond acceptors (Lipinski definition) is 4. The number of fused-ring (bicyclic) bond motifs is 1. The molecule has 1 amide bonds. The quantitative estimate of drug-likeness (QED) is 0.570. The summed E-state index contributed by atoms with van der Waals surface area (Å²) in [7, 11) is 0. The van der Waals surface area contributed by atoms with Gasteiger partial charge in [0.2, 0.25) is 0 Å². The van der Waals surface area contributed by atoms with Crippen molar-refractivity contribution in [2.45, 2.75) is 31.5 Å². The molecule has 2 aliphatic rings. The summed E-state index contributed by atoms with van der Waals surface area (Å²) in [4.78, 5) is 26.0. The standard InChI is InChI=1S/C27H24N2O3/c1-20-25(30)28-24(26(31)32-19-21-11-5-2-6-12-21)17-18-27(29(20)28,22-13-7-3-8-14-22)23-15-9-4-10-16-23/h2-17,20H,18-19H2,1H3. The first-order valence-electron chi connectivity index (χ1n) is 10.8. The van der Waals surface area contributed by atoms with E-state index in [9.17, 15) is 9.59 Å². The molecule has 0 saturated carbocycles. The minimum atomic E-state index is -0.584. The van der Waals surface area contributed by atoms with Gasteiger partial charge in [-0.05, 0) is 36.1 Å². The second kappa shape index (κ2) is 8.09. The summed E-state index contributed by atoms with van der Waals surface area (Å²) in [5.74, 6) is -0.599. The first-order chi connectivity index (χ1) is 15.6. The number of rotatable bonds is 5. The molecule has 1 atom stereocenters. The van der Waals surface area contributed by atoms with E-state index in [2.05, 4.69) is 24.3 Å². The number of nitrogens with zero attached hydrogens (tertiary/aromatic N) is 2. The Labute approximate surface area is 187 Å². The van der Waals surface area contributed by atoms with Crippen molar-refractivity contribution >= 4 is 11.9 Å². The van der Waals surface area contributed by atoms with Crippen molar-refractivity contribution in [1.29, 1.82) is 0 Å². The molecule has 0 spiro atoms. The van der Waals surface area contributed by atoms with Crippen LogP contribution in [0.3, 0.4) is 0 Å². The van der Waals surface area contributed by atoms with Gasteiger partial charge in [-0.2, -0.15) is 5.01 Å². The normalized spacial score (nSPS) is 19.5. The SMILES string of the molecule is CC1C(=O)N2C(C(=O)OCc3ccccc3)=CCC(c3ccccc3)(c3ccccc3)N12. The Balaban J connectivity index is 1.53. The van der Waals surface area contributed by atoms with Gasteiger partial charge in [0.25, 0.3) is 5.91 Å². The van der Waals surface area contributed by atoms with E-state index >= 15 is 0 Å². The van der Waals surface area contributed by atoms with E-state index in [0.717, 1.165) is 16.7 Å². The first kappa shape index (κ1) is 20.2. The fourth-order valence-corrected chi connectivity index (χ4v) is 4.73. The Morgan fingerprint density at radius 2 is 1.44 bits per heavy atom. The topological polar surface area (TPSA) is 49.9 Å². The van der Waals surface area contributed by atoms with Crippen molar-refractivity contribution in [1.82, 2.24) is 10.0 Å². The van der Waals surface area contributed by atoms with E-state index in [0.29, 0.717) is 6.42 Å². The zero-order valence-corrected chi connectivity index (χ0v) is 17.8. The highest BCUT2D eigenvalue weighted by Crippen LogP contribution is 2.49. The second-order valence-electron chi connectivity index (χ2n) is 8.12. The van der Waals surface area contributed by atoms with Gasteiger partial charge in [0.05, 0.1) is 5.54 Å². The smallest absolute Gasteiger partial charge is 0.356 e. The molecule has 0 bridgehead atoms. The van der Waals surface area contributed by atoms with Crippen LogP contribution in [0, 0.1) is 0 Å². The maximum absolute atomic E-state index is 13.0. The van der Waals surface area contributed by atoms with Crippen molar-refractivity contribution in [2.75, 3.05) is 0 Å². The molecule has 0 N–H and O–H groups in total. The van der Waals surface area contributed by atoms with Crippen LogP contribution in [0.4, 0.5) is 0 Å². The van der Waals surface area contributed by atoms with Crippen LogP contribution in [0.25, 0.3) is 0 Å². The number of hydrazine groups is 1. The first-order valence-corrected chi connectivity index (χ1v) is 10.8.